The first-order valence-corrected chi connectivity index (χ1v) is 5.62. The topological polar surface area (TPSA) is 20.2 Å². The van der Waals surface area contributed by atoms with Crippen molar-refractivity contribution in [3.8, 4) is 0 Å². The Morgan fingerprint density at radius 1 is 1.27 bits per heavy atom. The molecule has 1 aromatic rings. The second kappa shape index (κ2) is 4.70. The quantitative estimate of drug-likeness (QED) is 0.579. The lowest BCUT2D eigenvalue weighted by molar-refractivity contribution is 0.376. The highest BCUT2D eigenvalue weighted by atomic mass is 33.1. The maximum atomic E-state index is 8.52. The van der Waals surface area contributed by atoms with E-state index in [9.17, 15) is 0 Å². The summed E-state index contributed by atoms with van der Waals surface area (Å²) in [7, 11) is 3.04. The molecule has 0 radical (unpaired) electrons. The van der Waals surface area contributed by atoms with Crippen LogP contribution in [-0.4, -0.2) is 11.0 Å². The first-order valence-electron chi connectivity index (χ1n) is 3.30. The molecule has 0 atom stereocenters. The lowest BCUT2D eigenvalue weighted by Crippen LogP contribution is -1.71. The molecule has 1 aromatic carbocycles. The van der Waals surface area contributed by atoms with Gasteiger partial charge in [0.1, 0.15) is 0 Å². The zero-order valence-corrected chi connectivity index (χ0v) is 7.91. The van der Waals surface area contributed by atoms with Crippen LogP contribution in [-0.2, 0) is 0 Å². The van der Waals surface area contributed by atoms with E-state index in [1.807, 2.05) is 0 Å². The standard InChI is InChI=1S/C8H10OS2/c1-7-2-4-8(5-3-7)11-10-6-9/h2-5,9H,6H2,1H3. The molecule has 11 heavy (non-hydrogen) atoms. The largest absolute Gasteiger partial charge is 0.385 e. The van der Waals surface area contributed by atoms with Crippen molar-refractivity contribution < 1.29 is 5.11 Å². The molecule has 0 unspecified atom stereocenters. The Labute approximate surface area is 74.6 Å². The van der Waals surface area contributed by atoms with Gasteiger partial charge in [0, 0.05) is 4.90 Å². The number of hydrogen-bond donors (Lipinski definition) is 1. The second-order valence-electron chi connectivity index (χ2n) is 2.14. The van der Waals surface area contributed by atoms with Crippen LogP contribution in [0.4, 0.5) is 0 Å². The maximum Gasteiger partial charge on any atom is 0.0990 e. The average molecular weight is 186 g/mol. The van der Waals surface area contributed by atoms with Gasteiger partial charge in [0.2, 0.25) is 0 Å². The van der Waals surface area contributed by atoms with Crippen LogP contribution in [0.1, 0.15) is 5.56 Å². The minimum absolute atomic E-state index is 0.165. The summed E-state index contributed by atoms with van der Waals surface area (Å²) < 4.78 is 0. The number of aliphatic hydroxyl groups excluding tert-OH is 1. The first kappa shape index (κ1) is 8.97. The van der Waals surface area contributed by atoms with Crippen LogP contribution >= 0.6 is 21.6 Å². The van der Waals surface area contributed by atoms with Gasteiger partial charge in [0.05, 0.1) is 5.94 Å². The monoisotopic (exact) mass is 186 g/mol. The van der Waals surface area contributed by atoms with Crippen molar-refractivity contribution in [3.63, 3.8) is 0 Å². The van der Waals surface area contributed by atoms with Gasteiger partial charge in [-0.3, -0.25) is 0 Å². The third kappa shape index (κ3) is 3.18. The fourth-order valence-electron chi connectivity index (χ4n) is 0.688. The van der Waals surface area contributed by atoms with Crippen LogP contribution in [0.2, 0.25) is 0 Å². The summed E-state index contributed by atoms with van der Waals surface area (Å²) in [6.45, 7) is 2.06. The minimum atomic E-state index is 0.165. The molecule has 0 saturated carbocycles. The zero-order chi connectivity index (χ0) is 8.10. The molecule has 0 aromatic heterocycles. The van der Waals surface area contributed by atoms with Gasteiger partial charge in [0.15, 0.2) is 0 Å². The maximum absolute atomic E-state index is 8.52. The Balaban J connectivity index is 2.52. The highest BCUT2D eigenvalue weighted by molar-refractivity contribution is 8.76. The molecule has 0 aliphatic carbocycles. The summed E-state index contributed by atoms with van der Waals surface area (Å²) in [5.41, 5.74) is 1.27. The van der Waals surface area contributed by atoms with Crippen molar-refractivity contribution >= 4 is 21.6 Å². The van der Waals surface area contributed by atoms with E-state index in [0.717, 1.165) is 0 Å². The Morgan fingerprint density at radius 2 is 1.91 bits per heavy atom. The molecule has 0 spiro atoms. The van der Waals surface area contributed by atoms with E-state index in [1.54, 1.807) is 10.8 Å². The van der Waals surface area contributed by atoms with Crippen LogP contribution in [0.25, 0.3) is 0 Å². The molecule has 1 nitrogen and oxygen atoms in total. The van der Waals surface area contributed by atoms with Gasteiger partial charge < -0.3 is 5.11 Å². The molecule has 1 N–H and O–H groups in total. The van der Waals surface area contributed by atoms with Crippen LogP contribution < -0.4 is 0 Å². The number of benzene rings is 1. The molecule has 0 heterocycles. The fourth-order valence-corrected chi connectivity index (χ4v) is 2.02. The summed E-state index contributed by atoms with van der Waals surface area (Å²) in [4.78, 5) is 1.19. The summed E-state index contributed by atoms with van der Waals surface area (Å²) >= 11 is 0. The third-order valence-corrected chi connectivity index (χ3v) is 3.16. The molecule has 1 rings (SSSR count). The second-order valence-corrected chi connectivity index (χ2v) is 4.48. The third-order valence-electron chi connectivity index (χ3n) is 1.23. The molecule has 3 heteroatoms. The molecule has 0 fully saturated rings. The molecule has 60 valence electrons. The Bertz CT molecular complexity index is 208. The van der Waals surface area contributed by atoms with Gasteiger partial charge in [-0.25, -0.2) is 0 Å². The van der Waals surface area contributed by atoms with E-state index in [4.69, 9.17) is 5.11 Å². The molecule has 0 aliphatic heterocycles. The lowest BCUT2D eigenvalue weighted by Gasteiger charge is -1.97. The fraction of sp³-hybridized carbons (Fsp3) is 0.250. The van der Waals surface area contributed by atoms with E-state index >= 15 is 0 Å². The van der Waals surface area contributed by atoms with E-state index in [0.29, 0.717) is 0 Å². The predicted molar refractivity (Wildman–Crippen MR) is 51.7 cm³/mol. The lowest BCUT2D eigenvalue weighted by atomic mass is 10.2. The SMILES string of the molecule is Cc1ccc(SSCO)cc1. The highest BCUT2D eigenvalue weighted by Gasteiger charge is 1.91. The van der Waals surface area contributed by atoms with Gasteiger partial charge in [-0.15, -0.1) is 0 Å². The Hall–Kier alpha value is -0.120. The van der Waals surface area contributed by atoms with Crippen molar-refractivity contribution in [3.05, 3.63) is 29.8 Å². The minimum Gasteiger partial charge on any atom is -0.385 e. The van der Waals surface area contributed by atoms with Crippen LogP contribution in [0, 0.1) is 6.92 Å². The molecule has 0 amide bonds. The normalized spacial score (nSPS) is 10.0. The molecular formula is C8H10OS2. The first-order chi connectivity index (χ1) is 5.33. The predicted octanol–water partition coefficient (Wildman–Crippen LogP) is 2.69. The molecule has 0 aliphatic rings. The van der Waals surface area contributed by atoms with Crippen LogP contribution in [0.15, 0.2) is 29.2 Å². The van der Waals surface area contributed by atoms with E-state index in [1.165, 1.54) is 21.3 Å². The average Bonchev–Trinajstić information content (AvgIpc) is 2.04. The van der Waals surface area contributed by atoms with E-state index in [-0.39, 0.29) is 5.94 Å². The summed E-state index contributed by atoms with van der Waals surface area (Å²) in [5.74, 6) is 0.165. The van der Waals surface area contributed by atoms with Crippen LogP contribution in [0.5, 0.6) is 0 Å². The summed E-state index contributed by atoms with van der Waals surface area (Å²) in [6, 6.07) is 8.26. The van der Waals surface area contributed by atoms with Gasteiger partial charge in [0.25, 0.3) is 0 Å². The van der Waals surface area contributed by atoms with Gasteiger partial charge in [-0.2, -0.15) is 0 Å². The number of aryl methyl sites for hydroxylation is 1. The number of aliphatic hydroxyl groups is 1. The van der Waals surface area contributed by atoms with Crippen LogP contribution in [0.3, 0.4) is 0 Å². The molecule has 0 bridgehead atoms. The zero-order valence-electron chi connectivity index (χ0n) is 6.28. The Morgan fingerprint density at radius 3 is 2.45 bits per heavy atom. The molecular weight excluding hydrogens is 176 g/mol. The smallest absolute Gasteiger partial charge is 0.0990 e. The highest BCUT2D eigenvalue weighted by Crippen LogP contribution is 2.29. The van der Waals surface area contributed by atoms with E-state index in [2.05, 4.69) is 31.2 Å². The van der Waals surface area contributed by atoms with Gasteiger partial charge >= 0.3 is 0 Å². The van der Waals surface area contributed by atoms with E-state index < -0.39 is 0 Å². The summed E-state index contributed by atoms with van der Waals surface area (Å²) in [5, 5.41) is 8.52. The van der Waals surface area contributed by atoms with Crippen molar-refractivity contribution in [1.29, 1.82) is 0 Å². The summed E-state index contributed by atoms with van der Waals surface area (Å²) in [6.07, 6.45) is 0. The van der Waals surface area contributed by atoms with Crippen molar-refractivity contribution in [2.75, 3.05) is 5.94 Å². The number of hydrogen-bond acceptors (Lipinski definition) is 3. The van der Waals surface area contributed by atoms with Gasteiger partial charge in [-0.1, -0.05) is 39.3 Å². The van der Waals surface area contributed by atoms with Crippen molar-refractivity contribution in [2.24, 2.45) is 0 Å². The van der Waals surface area contributed by atoms with Crippen molar-refractivity contribution in [2.45, 2.75) is 11.8 Å². The molecule has 0 saturated heterocycles. The number of rotatable bonds is 3. The Kier molecular flexibility index (Phi) is 3.83. The van der Waals surface area contributed by atoms with Gasteiger partial charge in [-0.05, 0) is 19.1 Å². The van der Waals surface area contributed by atoms with Crippen molar-refractivity contribution in [1.82, 2.24) is 0 Å².